The first kappa shape index (κ1) is 25.7. The Kier molecular flexibility index (Phi) is 8.74. The Morgan fingerprint density at radius 2 is 1.03 bits per heavy atom. The molecule has 0 amide bonds. The fourth-order valence-electron chi connectivity index (χ4n) is 4.40. The van der Waals surface area contributed by atoms with Gasteiger partial charge < -0.3 is 20.9 Å². The standard InChI is InChI=1S/C31H32N2O2S2/c32-18-28(36-26-7-3-1-4-8-26)20-34-24-11-13-30-22(16-24)15-23-17-25(12-14-31(23)30)35-21-29(19-33)37-27-9-5-2-6-10-27/h1-14,16-17,28-29H,15,18-21,32-33H2. The molecule has 0 aromatic heterocycles. The van der Waals surface area contributed by atoms with Gasteiger partial charge in [0.1, 0.15) is 24.7 Å². The summed E-state index contributed by atoms with van der Waals surface area (Å²) in [7, 11) is 0. The Morgan fingerprint density at radius 1 is 0.595 bits per heavy atom. The van der Waals surface area contributed by atoms with Crippen LogP contribution in [0.4, 0.5) is 0 Å². The molecule has 0 radical (unpaired) electrons. The summed E-state index contributed by atoms with van der Waals surface area (Å²) in [5, 5.41) is 0.398. The van der Waals surface area contributed by atoms with E-state index in [2.05, 4.69) is 60.7 Å². The second-order valence-corrected chi connectivity index (χ2v) is 11.8. The average molecular weight is 529 g/mol. The lowest BCUT2D eigenvalue weighted by Crippen LogP contribution is -2.24. The third-order valence-corrected chi connectivity index (χ3v) is 8.73. The first-order chi connectivity index (χ1) is 18.2. The van der Waals surface area contributed by atoms with E-state index in [1.165, 1.54) is 32.0 Å². The summed E-state index contributed by atoms with van der Waals surface area (Å²) in [6.07, 6.45) is 0.872. The van der Waals surface area contributed by atoms with Crippen LogP contribution in [-0.4, -0.2) is 36.8 Å². The van der Waals surface area contributed by atoms with E-state index in [4.69, 9.17) is 20.9 Å². The van der Waals surface area contributed by atoms with Crippen molar-refractivity contribution in [1.29, 1.82) is 0 Å². The van der Waals surface area contributed by atoms with Gasteiger partial charge in [-0.15, -0.1) is 23.5 Å². The van der Waals surface area contributed by atoms with Crippen LogP contribution < -0.4 is 20.9 Å². The molecule has 4 aromatic carbocycles. The van der Waals surface area contributed by atoms with Crippen molar-refractivity contribution in [1.82, 2.24) is 0 Å². The average Bonchev–Trinajstić information content (AvgIpc) is 3.31. The molecule has 0 aliphatic heterocycles. The van der Waals surface area contributed by atoms with Gasteiger partial charge in [0, 0.05) is 22.9 Å². The molecule has 6 heteroatoms. The minimum atomic E-state index is 0.199. The smallest absolute Gasteiger partial charge is 0.119 e. The molecule has 0 bridgehead atoms. The molecule has 1 aliphatic rings. The number of hydrogen-bond donors (Lipinski definition) is 2. The molecular formula is C31H32N2O2S2. The molecule has 0 heterocycles. The van der Waals surface area contributed by atoms with Crippen LogP contribution in [0.3, 0.4) is 0 Å². The van der Waals surface area contributed by atoms with Gasteiger partial charge in [0.2, 0.25) is 0 Å². The maximum atomic E-state index is 6.17. The van der Waals surface area contributed by atoms with E-state index in [1.807, 2.05) is 36.4 Å². The summed E-state index contributed by atoms with van der Waals surface area (Å²) < 4.78 is 12.3. The molecule has 0 saturated carbocycles. The molecule has 190 valence electrons. The highest BCUT2D eigenvalue weighted by atomic mass is 32.2. The Morgan fingerprint density at radius 3 is 1.43 bits per heavy atom. The fraction of sp³-hybridized carbons (Fsp3) is 0.226. The summed E-state index contributed by atoms with van der Waals surface area (Å²) >= 11 is 3.52. The van der Waals surface area contributed by atoms with E-state index in [9.17, 15) is 0 Å². The van der Waals surface area contributed by atoms with Crippen LogP contribution in [0.5, 0.6) is 11.5 Å². The molecule has 4 nitrogen and oxygen atoms in total. The predicted molar refractivity (Wildman–Crippen MR) is 156 cm³/mol. The highest BCUT2D eigenvalue weighted by molar-refractivity contribution is 8.00. The van der Waals surface area contributed by atoms with Gasteiger partial charge in [0.25, 0.3) is 0 Å². The zero-order valence-corrected chi connectivity index (χ0v) is 22.3. The molecule has 0 fully saturated rings. The molecule has 0 spiro atoms. The van der Waals surface area contributed by atoms with Crippen molar-refractivity contribution in [3.63, 3.8) is 0 Å². The van der Waals surface area contributed by atoms with Crippen molar-refractivity contribution in [2.45, 2.75) is 26.7 Å². The van der Waals surface area contributed by atoms with Crippen molar-refractivity contribution in [3.05, 3.63) is 108 Å². The number of ether oxygens (including phenoxy) is 2. The van der Waals surface area contributed by atoms with Crippen LogP contribution in [0, 0.1) is 0 Å². The van der Waals surface area contributed by atoms with Crippen molar-refractivity contribution >= 4 is 23.5 Å². The predicted octanol–water partition coefficient (Wildman–Crippen LogP) is 6.25. The summed E-state index contributed by atoms with van der Waals surface area (Å²) in [6, 6.07) is 33.5. The first-order valence-corrected chi connectivity index (χ1v) is 14.3. The topological polar surface area (TPSA) is 70.5 Å². The molecule has 2 atom stereocenters. The van der Waals surface area contributed by atoms with Gasteiger partial charge >= 0.3 is 0 Å². The monoisotopic (exact) mass is 528 g/mol. The minimum Gasteiger partial charge on any atom is -0.492 e. The number of nitrogens with two attached hydrogens (primary N) is 2. The summed E-state index contributed by atoms with van der Waals surface area (Å²) in [6.45, 7) is 2.27. The maximum Gasteiger partial charge on any atom is 0.119 e. The van der Waals surface area contributed by atoms with Gasteiger partial charge in [-0.05, 0) is 77.2 Å². The number of thioether (sulfide) groups is 2. The van der Waals surface area contributed by atoms with Gasteiger partial charge in [0.15, 0.2) is 0 Å². The van der Waals surface area contributed by atoms with E-state index in [-0.39, 0.29) is 10.5 Å². The minimum absolute atomic E-state index is 0.199. The molecule has 4 N–H and O–H groups in total. The summed E-state index contributed by atoms with van der Waals surface area (Å²) in [5.41, 5.74) is 17.1. The Bertz CT molecular complexity index is 1200. The Hall–Kier alpha value is -2.90. The second kappa shape index (κ2) is 12.6. The van der Waals surface area contributed by atoms with Gasteiger partial charge in [0.05, 0.1) is 10.5 Å². The summed E-state index contributed by atoms with van der Waals surface area (Å²) in [5.74, 6) is 1.78. The molecule has 5 rings (SSSR count). The van der Waals surface area contributed by atoms with Crippen molar-refractivity contribution in [3.8, 4) is 22.6 Å². The normalized spacial score (nSPS) is 13.5. The number of benzene rings is 4. The van der Waals surface area contributed by atoms with E-state index in [0.717, 1.165) is 17.9 Å². The third kappa shape index (κ3) is 6.70. The van der Waals surface area contributed by atoms with E-state index in [1.54, 1.807) is 23.5 Å². The molecule has 37 heavy (non-hydrogen) atoms. The van der Waals surface area contributed by atoms with Crippen LogP contribution in [0.1, 0.15) is 11.1 Å². The quantitative estimate of drug-likeness (QED) is 0.186. The van der Waals surface area contributed by atoms with Crippen LogP contribution in [-0.2, 0) is 6.42 Å². The van der Waals surface area contributed by atoms with Gasteiger partial charge in [-0.2, -0.15) is 0 Å². The van der Waals surface area contributed by atoms with Crippen LogP contribution in [0.2, 0.25) is 0 Å². The van der Waals surface area contributed by atoms with Crippen molar-refractivity contribution < 1.29 is 9.47 Å². The highest BCUT2D eigenvalue weighted by Gasteiger charge is 2.20. The lowest BCUT2D eigenvalue weighted by atomic mass is 10.1. The Labute approximate surface area is 227 Å². The summed E-state index contributed by atoms with van der Waals surface area (Å²) in [4.78, 5) is 2.42. The number of rotatable bonds is 12. The van der Waals surface area contributed by atoms with E-state index >= 15 is 0 Å². The SMILES string of the molecule is NCC(COc1ccc2c(c1)Cc1cc(OCC(CN)Sc3ccccc3)ccc1-2)Sc1ccccc1. The maximum absolute atomic E-state index is 6.17. The van der Waals surface area contributed by atoms with Crippen molar-refractivity contribution in [2.24, 2.45) is 11.5 Å². The first-order valence-electron chi connectivity index (χ1n) is 12.6. The van der Waals surface area contributed by atoms with Crippen LogP contribution in [0.15, 0.2) is 107 Å². The van der Waals surface area contributed by atoms with Crippen LogP contribution in [0.25, 0.3) is 11.1 Å². The molecular weight excluding hydrogens is 496 g/mol. The van der Waals surface area contributed by atoms with Gasteiger partial charge in [-0.1, -0.05) is 48.5 Å². The van der Waals surface area contributed by atoms with Crippen molar-refractivity contribution in [2.75, 3.05) is 26.3 Å². The fourth-order valence-corrected chi connectivity index (χ4v) is 6.27. The lowest BCUT2D eigenvalue weighted by molar-refractivity contribution is 0.318. The van der Waals surface area contributed by atoms with Gasteiger partial charge in [-0.3, -0.25) is 0 Å². The molecule has 0 saturated heterocycles. The number of hydrogen-bond acceptors (Lipinski definition) is 6. The largest absolute Gasteiger partial charge is 0.492 e. The lowest BCUT2D eigenvalue weighted by Gasteiger charge is -2.16. The molecule has 4 aromatic rings. The highest BCUT2D eigenvalue weighted by Crippen LogP contribution is 2.40. The number of fused-ring (bicyclic) bond motifs is 3. The third-order valence-electron chi connectivity index (χ3n) is 6.31. The van der Waals surface area contributed by atoms with E-state index < -0.39 is 0 Å². The molecule has 1 aliphatic carbocycles. The van der Waals surface area contributed by atoms with E-state index in [0.29, 0.717) is 26.3 Å². The second-order valence-electron chi connectivity index (χ2n) is 9.01. The zero-order chi connectivity index (χ0) is 25.5. The zero-order valence-electron chi connectivity index (χ0n) is 20.7. The molecule has 2 unspecified atom stereocenters. The van der Waals surface area contributed by atoms with Gasteiger partial charge in [-0.25, -0.2) is 0 Å². The van der Waals surface area contributed by atoms with Crippen LogP contribution >= 0.6 is 23.5 Å². The Balaban J connectivity index is 1.18.